The molecule has 0 spiro atoms. The topological polar surface area (TPSA) is 20.3 Å². The second-order valence-corrected chi connectivity index (χ2v) is 5.06. The first-order valence-corrected chi connectivity index (χ1v) is 7.26. The normalized spacial score (nSPS) is 20.8. The molecule has 0 unspecified atom stereocenters. The molecule has 0 atom stereocenters. The summed E-state index contributed by atoms with van der Waals surface area (Å²) in [6, 6.07) is 0. The second-order valence-electron chi connectivity index (χ2n) is 5.06. The molecule has 0 saturated carbocycles. The van der Waals surface area contributed by atoms with E-state index in [4.69, 9.17) is 0 Å². The zero-order valence-electron chi connectivity index (χ0n) is 11.1. The van der Waals surface area contributed by atoms with Crippen molar-refractivity contribution in [3.05, 3.63) is 12.7 Å². The molecule has 0 aliphatic carbocycles. The number of carbonyl (C=O) groups is 1. The van der Waals surface area contributed by atoms with Crippen LogP contribution in [0.15, 0.2) is 12.7 Å². The molecular weight excluding hydrogens is 210 g/mol. The fourth-order valence-corrected chi connectivity index (χ4v) is 2.48. The molecule has 0 N–H and O–H groups in total. The van der Waals surface area contributed by atoms with E-state index in [1.165, 1.54) is 57.4 Å². The van der Waals surface area contributed by atoms with Crippen molar-refractivity contribution in [1.29, 1.82) is 0 Å². The zero-order valence-corrected chi connectivity index (χ0v) is 11.1. The summed E-state index contributed by atoms with van der Waals surface area (Å²) in [5, 5.41) is 0. The molecular formula is C15H27NO. The summed E-state index contributed by atoms with van der Waals surface area (Å²) in [5.41, 5.74) is 0. The predicted molar refractivity (Wildman–Crippen MR) is 72.9 cm³/mol. The predicted octanol–water partition coefficient (Wildman–Crippen LogP) is 3.92. The van der Waals surface area contributed by atoms with Crippen molar-refractivity contribution in [2.75, 3.05) is 13.1 Å². The second kappa shape index (κ2) is 9.26. The van der Waals surface area contributed by atoms with Crippen LogP contribution in [-0.2, 0) is 4.79 Å². The molecule has 1 aliphatic rings. The zero-order chi connectivity index (χ0) is 12.3. The summed E-state index contributed by atoms with van der Waals surface area (Å²) in [6.07, 6.45) is 14.5. The molecule has 0 aromatic rings. The SMILES string of the molecule is C=CC(=O)N1CCCCCCCCCCCC1. The highest BCUT2D eigenvalue weighted by Gasteiger charge is 2.09. The molecule has 1 saturated heterocycles. The van der Waals surface area contributed by atoms with Crippen LogP contribution in [0, 0.1) is 0 Å². The summed E-state index contributed by atoms with van der Waals surface area (Å²) < 4.78 is 0. The van der Waals surface area contributed by atoms with E-state index in [1.807, 2.05) is 4.90 Å². The summed E-state index contributed by atoms with van der Waals surface area (Å²) in [5.74, 6) is 0.111. The average molecular weight is 237 g/mol. The van der Waals surface area contributed by atoms with Crippen LogP contribution in [0.25, 0.3) is 0 Å². The smallest absolute Gasteiger partial charge is 0.245 e. The van der Waals surface area contributed by atoms with Crippen molar-refractivity contribution in [2.45, 2.75) is 64.2 Å². The van der Waals surface area contributed by atoms with Crippen LogP contribution in [0.2, 0.25) is 0 Å². The lowest BCUT2D eigenvalue weighted by Gasteiger charge is -2.21. The Morgan fingerprint density at radius 1 is 0.765 bits per heavy atom. The van der Waals surface area contributed by atoms with Crippen molar-refractivity contribution < 1.29 is 4.79 Å². The van der Waals surface area contributed by atoms with E-state index in [2.05, 4.69) is 6.58 Å². The molecule has 2 heteroatoms. The molecule has 1 fully saturated rings. The van der Waals surface area contributed by atoms with Gasteiger partial charge in [-0.3, -0.25) is 4.79 Å². The Labute approximate surface area is 106 Å². The van der Waals surface area contributed by atoms with Crippen LogP contribution >= 0.6 is 0 Å². The number of amides is 1. The lowest BCUT2D eigenvalue weighted by atomic mass is 10.1. The highest BCUT2D eigenvalue weighted by Crippen LogP contribution is 2.13. The van der Waals surface area contributed by atoms with E-state index in [-0.39, 0.29) is 5.91 Å². The number of hydrogen-bond acceptors (Lipinski definition) is 1. The van der Waals surface area contributed by atoms with Gasteiger partial charge >= 0.3 is 0 Å². The van der Waals surface area contributed by atoms with Gasteiger partial charge in [0.15, 0.2) is 0 Å². The first-order chi connectivity index (χ1) is 8.34. The minimum atomic E-state index is 0.111. The quantitative estimate of drug-likeness (QED) is 0.633. The van der Waals surface area contributed by atoms with E-state index >= 15 is 0 Å². The Morgan fingerprint density at radius 3 is 1.47 bits per heavy atom. The van der Waals surface area contributed by atoms with Crippen molar-refractivity contribution >= 4 is 5.91 Å². The van der Waals surface area contributed by atoms with Crippen molar-refractivity contribution in [2.24, 2.45) is 0 Å². The molecule has 0 bridgehead atoms. The molecule has 1 amide bonds. The number of nitrogens with zero attached hydrogens (tertiary/aromatic N) is 1. The van der Waals surface area contributed by atoms with Gasteiger partial charge < -0.3 is 4.90 Å². The van der Waals surface area contributed by atoms with Crippen LogP contribution in [0.5, 0.6) is 0 Å². The van der Waals surface area contributed by atoms with Crippen molar-refractivity contribution in [3.63, 3.8) is 0 Å². The average Bonchev–Trinajstić information content (AvgIpc) is 2.38. The first-order valence-electron chi connectivity index (χ1n) is 7.26. The maximum absolute atomic E-state index is 11.7. The molecule has 1 aliphatic heterocycles. The fraction of sp³-hybridized carbons (Fsp3) is 0.800. The Bertz CT molecular complexity index is 211. The molecule has 98 valence electrons. The summed E-state index contributed by atoms with van der Waals surface area (Å²) >= 11 is 0. The third kappa shape index (κ3) is 6.50. The maximum Gasteiger partial charge on any atom is 0.245 e. The largest absolute Gasteiger partial charge is 0.339 e. The van der Waals surface area contributed by atoms with Gasteiger partial charge in [0.25, 0.3) is 0 Å². The molecule has 0 aromatic heterocycles. The number of rotatable bonds is 1. The molecule has 17 heavy (non-hydrogen) atoms. The van der Waals surface area contributed by atoms with Gasteiger partial charge in [-0.25, -0.2) is 0 Å². The minimum Gasteiger partial charge on any atom is -0.339 e. The van der Waals surface area contributed by atoms with Crippen LogP contribution in [0.3, 0.4) is 0 Å². The van der Waals surface area contributed by atoms with Crippen molar-refractivity contribution in [1.82, 2.24) is 4.90 Å². The monoisotopic (exact) mass is 237 g/mol. The first kappa shape index (κ1) is 14.3. The molecule has 0 radical (unpaired) electrons. The third-order valence-corrected chi connectivity index (χ3v) is 3.59. The fourth-order valence-electron chi connectivity index (χ4n) is 2.48. The van der Waals surface area contributed by atoms with Gasteiger partial charge in [-0.05, 0) is 18.9 Å². The molecule has 2 nitrogen and oxygen atoms in total. The van der Waals surface area contributed by atoms with Crippen LogP contribution in [-0.4, -0.2) is 23.9 Å². The van der Waals surface area contributed by atoms with Crippen LogP contribution in [0.4, 0.5) is 0 Å². The van der Waals surface area contributed by atoms with E-state index in [0.717, 1.165) is 25.9 Å². The summed E-state index contributed by atoms with van der Waals surface area (Å²) in [6.45, 7) is 5.43. The minimum absolute atomic E-state index is 0.111. The van der Waals surface area contributed by atoms with Crippen molar-refractivity contribution in [3.8, 4) is 0 Å². The number of carbonyl (C=O) groups excluding carboxylic acids is 1. The third-order valence-electron chi connectivity index (χ3n) is 3.59. The molecule has 0 aromatic carbocycles. The molecule has 1 rings (SSSR count). The summed E-state index contributed by atoms with van der Waals surface area (Å²) in [7, 11) is 0. The standard InChI is InChI=1S/C15H27NO/c1-2-15(17)16-13-11-9-7-5-3-4-6-8-10-12-14-16/h2H,1,3-14H2. The lowest BCUT2D eigenvalue weighted by molar-refractivity contribution is -0.126. The Morgan fingerprint density at radius 2 is 1.12 bits per heavy atom. The highest BCUT2D eigenvalue weighted by atomic mass is 16.2. The highest BCUT2D eigenvalue weighted by molar-refractivity contribution is 5.86. The van der Waals surface area contributed by atoms with Crippen LogP contribution in [0.1, 0.15) is 64.2 Å². The Kier molecular flexibility index (Phi) is 7.78. The van der Waals surface area contributed by atoms with Gasteiger partial charge in [0.2, 0.25) is 5.91 Å². The van der Waals surface area contributed by atoms with Gasteiger partial charge in [0.05, 0.1) is 0 Å². The summed E-state index contributed by atoms with van der Waals surface area (Å²) in [4.78, 5) is 13.6. The van der Waals surface area contributed by atoms with Gasteiger partial charge in [-0.1, -0.05) is 57.9 Å². The van der Waals surface area contributed by atoms with E-state index < -0.39 is 0 Å². The van der Waals surface area contributed by atoms with E-state index in [9.17, 15) is 4.79 Å². The van der Waals surface area contributed by atoms with Gasteiger partial charge in [0, 0.05) is 13.1 Å². The van der Waals surface area contributed by atoms with Gasteiger partial charge in [0.1, 0.15) is 0 Å². The van der Waals surface area contributed by atoms with E-state index in [1.54, 1.807) is 0 Å². The molecule has 1 heterocycles. The van der Waals surface area contributed by atoms with Gasteiger partial charge in [-0.2, -0.15) is 0 Å². The Hall–Kier alpha value is -0.790. The number of hydrogen-bond donors (Lipinski definition) is 0. The maximum atomic E-state index is 11.7. The Balaban J connectivity index is 2.35. The van der Waals surface area contributed by atoms with E-state index in [0.29, 0.717) is 0 Å². The van der Waals surface area contributed by atoms with Crippen LogP contribution < -0.4 is 0 Å². The van der Waals surface area contributed by atoms with Gasteiger partial charge in [-0.15, -0.1) is 0 Å². The lowest BCUT2D eigenvalue weighted by Crippen LogP contribution is -2.31.